The van der Waals surface area contributed by atoms with E-state index in [0.717, 1.165) is 34.1 Å². The van der Waals surface area contributed by atoms with Crippen LogP contribution in [0.1, 0.15) is 44.0 Å². The SMILES string of the molecule is Cc1nc(N[C@H](C)c2ncc[nH]2)c2c(CC(C)C)csc2n1. The maximum atomic E-state index is 4.63. The van der Waals surface area contributed by atoms with Crippen LogP contribution >= 0.6 is 11.3 Å². The molecule has 116 valence electrons. The number of aryl methyl sites for hydroxylation is 1. The van der Waals surface area contributed by atoms with Crippen LogP contribution in [-0.4, -0.2) is 19.9 Å². The summed E-state index contributed by atoms with van der Waals surface area (Å²) in [5, 5.41) is 6.85. The predicted octanol–water partition coefficient (Wildman–Crippen LogP) is 4.09. The Morgan fingerprint density at radius 2 is 2.09 bits per heavy atom. The Morgan fingerprint density at radius 1 is 1.27 bits per heavy atom. The molecule has 0 spiro atoms. The number of nitrogens with zero attached hydrogens (tertiary/aromatic N) is 3. The lowest BCUT2D eigenvalue weighted by Gasteiger charge is -2.14. The number of imidazole rings is 1. The van der Waals surface area contributed by atoms with Crippen LogP contribution in [0.15, 0.2) is 17.8 Å². The first-order chi connectivity index (χ1) is 10.5. The van der Waals surface area contributed by atoms with Gasteiger partial charge in [0.25, 0.3) is 0 Å². The topological polar surface area (TPSA) is 66.5 Å². The van der Waals surface area contributed by atoms with Gasteiger partial charge in [-0.15, -0.1) is 11.3 Å². The molecule has 3 rings (SSSR count). The lowest BCUT2D eigenvalue weighted by molar-refractivity contribution is 0.651. The highest BCUT2D eigenvalue weighted by Crippen LogP contribution is 2.32. The average molecular weight is 315 g/mol. The van der Waals surface area contributed by atoms with Crippen LogP contribution in [0, 0.1) is 12.8 Å². The summed E-state index contributed by atoms with van der Waals surface area (Å²) >= 11 is 1.69. The van der Waals surface area contributed by atoms with Gasteiger partial charge in [0, 0.05) is 12.4 Å². The van der Waals surface area contributed by atoms with E-state index < -0.39 is 0 Å². The molecular weight excluding hydrogens is 294 g/mol. The van der Waals surface area contributed by atoms with Crippen molar-refractivity contribution < 1.29 is 0 Å². The highest BCUT2D eigenvalue weighted by Gasteiger charge is 2.16. The van der Waals surface area contributed by atoms with Crippen LogP contribution in [0.4, 0.5) is 5.82 Å². The molecule has 0 saturated heterocycles. The number of hydrogen-bond acceptors (Lipinski definition) is 5. The Bertz CT molecular complexity index is 760. The van der Waals surface area contributed by atoms with Crippen molar-refractivity contribution in [3.63, 3.8) is 0 Å². The number of rotatable bonds is 5. The Kier molecular flexibility index (Phi) is 4.11. The summed E-state index contributed by atoms with van der Waals surface area (Å²) in [5.41, 5.74) is 1.32. The fraction of sp³-hybridized carbons (Fsp3) is 0.438. The van der Waals surface area contributed by atoms with Crippen molar-refractivity contribution in [3.05, 3.63) is 35.0 Å². The standard InChI is InChI=1S/C16H21N5S/c1-9(2)7-12-8-22-16-13(12)15(20-11(4)21-16)19-10(3)14-17-5-6-18-14/h5-6,8-10H,7H2,1-4H3,(H,17,18)(H,19,20,21)/t10-/m1/s1. The van der Waals surface area contributed by atoms with Crippen LogP contribution in [0.3, 0.4) is 0 Å². The Labute approximate surface area is 134 Å². The molecule has 0 bridgehead atoms. The molecule has 0 aliphatic carbocycles. The van der Waals surface area contributed by atoms with Crippen LogP contribution in [0.25, 0.3) is 10.2 Å². The number of thiophene rings is 1. The third-order valence-electron chi connectivity index (χ3n) is 3.53. The molecule has 6 heteroatoms. The number of aromatic nitrogens is 4. The molecule has 0 aliphatic rings. The van der Waals surface area contributed by atoms with E-state index in [4.69, 9.17) is 0 Å². The van der Waals surface area contributed by atoms with Crippen molar-refractivity contribution in [2.75, 3.05) is 5.32 Å². The van der Waals surface area contributed by atoms with E-state index in [9.17, 15) is 0 Å². The van der Waals surface area contributed by atoms with Crippen molar-refractivity contribution in [1.29, 1.82) is 0 Å². The van der Waals surface area contributed by atoms with Gasteiger partial charge in [-0.2, -0.15) is 0 Å². The second kappa shape index (κ2) is 6.04. The third-order valence-corrected chi connectivity index (χ3v) is 4.45. The summed E-state index contributed by atoms with van der Waals surface area (Å²) in [5.74, 6) is 3.21. The first-order valence-corrected chi connectivity index (χ1v) is 8.43. The number of anilines is 1. The van der Waals surface area contributed by atoms with Gasteiger partial charge in [0.2, 0.25) is 0 Å². The second-order valence-electron chi connectivity index (χ2n) is 6.00. The molecule has 3 aromatic heterocycles. The third kappa shape index (κ3) is 2.97. The number of aromatic amines is 1. The second-order valence-corrected chi connectivity index (χ2v) is 6.86. The van der Waals surface area contributed by atoms with E-state index in [1.807, 2.05) is 13.1 Å². The van der Waals surface area contributed by atoms with Crippen LogP contribution in [-0.2, 0) is 6.42 Å². The quantitative estimate of drug-likeness (QED) is 0.744. The highest BCUT2D eigenvalue weighted by atomic mass is 32.1. The van der Waals surface area contributed by atoms with E-state index in [2.05, 4.69) is 51.4 Å². The van der Waals surface area contributed by atoms with Crippen LogP contribution in [0.2, 0.25) is 0 Å². The van der Waals surface area contributed by atoms with Crippen LogP contribution < -0.4 is 5.32 Å². The Balaban J connectivity index is 2.01. The average Bonchev–Trinajstić information content (AvgIpc) is 3.08. The molecular formula is C16H21N5S. The van der Waals surface area contributed by atoms with Gasteiger partial charge < -0.3 is 10.3 Å². The molecule has 3 aromatic rings. The van der Waals surface area contributed by atoms with Crippen molar-refractivity contribution in [1.82, 2.24) is 19.9 Å². The molecule has 0 aliphatic heterocycles. The minimum atomic E-state index is 0.0688. The smallest absolute Gasteiger partial charge is 0.139 e. The fourth-order valence-electron chi connectivity index (χ4n) is 2.59. The molecule has 1 atom stereocenters. The predicted molar refractivity (Wildman–Crippen MR) is 91.3 cm³/mol. The molecule has 5 nitrogen and oxygen atoms in total. The lowest BCUT2D eigenvalue weighted by atomic mass is 10.0. The summed E-state index contributed by atoms with van der Waals surface area (Å²) in [6.45, 7) is 8.48. The van der Waals surface area contributed by atoms with Crippen molar-refractivity contribution >= 4 is 27.4 Å². The molecule has 0 amide bonds. The summed E-state index contributed by atoms with van der Waals surface area (Å²) in [6.07, 6.45) is 4.64. The first-order valence-electron chi connectivity index (χ1n) is 7.55. The van der Waals surface area contributed by atoms with E-state index in [-0.39, 0.29) is 6.04 Å². The number of H-pyrrole nitrogens is 1. The first kappa shape index (κ1) is 15.0. The lowest BCUT2D eigenvalue weighted by Crippen LogP contribution is -2.11. The summed E-state index contributed by atoms with van der Waals surface area (Å²) in [4.78, 5) is 17.7. The molecule has 0 aromatic carbocycles. The van der Waals surface area contributed by atoms with E-state index in [1.165, 1.54) is 5.56 Å². The molecule has 0 fully saturated rings. The van der Waals surface area contributed by atoms with Crippen molar-refractivity contribution in [3.8, 4) is 0 Å². The van der Waals surface area contributed by atoms with Gasteiger partial charge >= 0.3 is 0 Å². The van der Waals surface area contributed by atoms with Gasteiger partial charge in [-0.3, -0.25) is 0 Å². The molecule has 0 unspecified atom stereocenters. The Morgan fingerprint density at radius 3 is 2.77 bits per heavy atom. The maximum absolute atomic E-state index is 4.63. The van der Waals surface area contributed by atoms with Crippen LogP contribution in [0.5, 0.6) is 0 Å². The zero-order valence-electron chi connectivity index (χ0n) is 13.3. The van der Waals surface area contributed by atoms with Gasteiger partial charge in [0.05, 0.1) is 11.4 Å². The number of nitrogens with one attached hydrogen (secondary N) is 2. The molecule has 0 saturated carbocycles. The summed E-state index contributed by atoms with van der Waals surface area (Å²) in [6, 6.07) is 0.0688. The normalized spacial score (nSPS) is 13.0. The van der Waals surface area contributed by atoms with Crippen molar-refractivity contribution in [2.45, 2.75) is 40.2 Å². The molecule has 0 radical (unpaired) electrons. The largest absolute Gasteiger partial charge is 0.360 e. The summed E-state index contributed by atoms with van der Waals surface area (Å²) < 4.78 is 0. The van der Waals surface area contributed by atoms with Crippen molar-refractivity contribution in [2.24, 2.45) is 5.92 Å². The van der Waals surface area contributed by atoms with Gasteiger partial charge in [0.15, 0.2) is 0 Å². The molecule has 22 heavy (non-hydrogen) atoms. The van der Waals surface area contributed by atoms with Gasteiger partial charge in [-0.25, -0.2) is 15.0 Å². The van der Waals surface area contributed by atoms with Gasteiger partial charge in [0.1, 0.15) is 22.3 Å². The zero-order chi connectivity index (χ0) is 15.7. The molecule has 3 heterocycles. The van der Waals surface area contributed by atoms with E-state index >= 15 is 0 Å². The summed E-state index contributed by atoms with van der Waals surface area (Å²) in [7, 11) is 0. The maximum Gasteiger partial charge on any atom is 0.139 e. The fourth-order valence-corrected chi connectivity index (χ4v) is 3.59. The monoisotopic (exact) mass is 315 g/mol. The Hall–Kier alpha value is -1.95. The molecule has 2 N–H and O–H groups in total. The minimum absolute atomic E-state index is 0.0688. The van der Waals surface area contributed by atoms with E-state index in [0.29, 0.717) is 5.92 Å². The van der Waals surface area contributed by atoms with Gasteiger partial charge in [-0.1, -0.05) is 13.8 Å². The highest BCUT2D eigenvalue weighted by molar-refractivity contribution is 7.17. The minimum Gasteiger partial charge on any atom is -0.360 e. The number of hydrogen-bond donors (Lipinski definition) is 2. The number of fused-ring (bicyclic) bond motifs is 1. The van der Waals surface area contributed by atoms with Gasteiger partial charge in [-0.05, 0) is 37.1 Å². The zero-order valence-corrected chi connectivity index (χ0v) is 14.2. The van der Waals surface area contributed by atoms with E-state index in [1.54, 1.807) is 17.5 Å².